The molecule has 3 N–H and O–H groups in total. The number of carbonyl (C=O) groups is 1. The number of benzene rings is 1. The topological polar surface area (TPSA) is 64.4 Å². The molecule has 0 bridgehead atoms. The second kappa shape index (κ2) is 8.01. The monoisotopic (exact) mass is 306 g/mol. The highest BCUT2D eigenvalue weighted by Crippen LogP contribution is 2.29. The summed E-state index contributed by atoms with van der Waals surface area (Å²) in [4.78, 5) is 11.8. The molecule has 0 aliphatic carbocycles. The Morgan fingerprint density at radius 2 is 2.20 bits per heavy atom. The van der Waals surface area contributed by atoms with Gasteiger partial charge < -0.3 is 15.8 Å². The van der Waals surface area contributed by atoms with Gasteiger partial charge in [-0.1, -0.05) is 18.5 Å². The summed E-state index contributed by atoms with van der Waals surface area (Å²) in [7, 11) is 0. The first-order valence-corrected chi connectivity index (χ1v) is 6.57. The minimum Gasteiger partial charge on any atom is -0.433 e. The average Bonchev–Trinajstić information content (AvgIpc) is 2.38. The lowest BCUT2D eigenvalue weighted by Crippen LogP contribution is -2.21. The van der Waals surface area contributed by atoms with E-state index in [0.717, 1.165) is 6.42 Å². The highest BCUT2D eigenvalue weighted by molar-refractivity contribution is 6.32. The molecule has 7 heteroatoms. The number of anilines is 1. The van der Waals surface area contributed by atoms with Crippen molar-refractivity contribution >= 4 is 23.2 Å². The van der Waals surface area contributed by atoms with Gasteiger partial charge in [0.1, 0.15) is 5.75 Å². The summed E-state index contributed by atoms with van der Waals surface area (Å²) in [5.41, 5.74) is 5.81. The van der Waals surface area contributed by atoms with E-state index < -0.39 is 6.61 Å². The minimum absolute atomic E-state index is 0.0118. The van der Waals surface area contributed by atoms with E-state index in [9.17, 15) is 13.6 Å². The second-order valence-corrected chi connectivity index (χ2v) is 4.75. The van der Waals surface area contributed by atoms with Crippen molar-refractivity contribution in [1.29, 1.82) is 0 Å². The maximum Gasteiger partial charge on any atom is 0.387 e. The number of carbonyl (C=O) groups excluding carboxylic acids is 1. The lowest BCUT2D eigenvalue weighted by molar-refractivity contribution is -0.119. The van der Waals surface area contributed by atoms with Crippen LogP contribution in [0.25, 0.3) is 0 Å². The van der Waals surface area contributed by atoms with Gasteiger partial charge in [-0.25, -0.2) is 0 Å². The molecule has 0 saturated carbocycles. The van der Waals surface area contributed by atoms with Crippen LogP contribution < -0.4 is 15.8 Å². The van der Waals surface area contributed by atoms with Crippen LogP contribution in [0.15, 0.2) is 18.2 Å². The number of halogens is 3. The molecule has 1 amide bonds. The zero-order valence-electron chi connectivity index (χ0n) is 11.0. The third-order valence-corrected chi connectivity index (χ3v) is 3.00. The molecule has 1 aromatic rings. The Kier molecular flexibility index (Phi) is 6.67. The van der Waals surface area contributed by atoms with Gasteiger partial charge in [-0.2, -0.15) is 8.78 Å². The standard InChI is InChI=1S/C13H17ClF2N2O2/c1-8(3-2-6-17)12(19)18-9-4-5-11(10(14)7-9)20-13(15)16/h4-5,7-8,13H,2-3,6,17H2,1H3,(H,18,19). The highest BCUT2D eigenvalue weighted by Gasteiger charge is 2.14. The van der Waals surface area contributed by atoms with Crippen LogP contribution >= 0.6 is 11.6 Å². The van der Waals surface area contributed by atoms with Gasteiger partial charge in [-0.3, -0.25) is 4.79 Å². The van der Waals surface area contributed by atoms with Crippen LogP contribution in [-0.2, 0) is 4.79 Å². The van der Waals surface area contributed by atoms with Crippen LogP contribution in [0.2, 0.25) is 5.02 Å². The van der Waals surface area contributed by atoms with Crippen LogP contribution in [0.1, 0.15) is 19.8 Å². The molecule has 1 rings (SSSR count). The van der Waals surface area contributed by atoms with Gasteiger partial charge in [0.2, 0.25) is 5.91 Å². The Hall–Kier alpha value is -1.40. The molecule has 0 saturated heterocycles. The normalized spacial score (nSPS) is 12.3. The van der Waals surface area contributed by atoms with E-state index in [1.165, 1.54) is 18.2 Å². The average molecular weight is 307 g/mol. The fraction of sp³-hybridized carbons (Fsp3) is 0.462. The van der Waals surface area contributed by atoms with E-state index in [1.54, 1.807) is 6.92 Å². The number of nitrogens with one attached hydrogen (secondary N) is 1. The van der Waals surface area contributed by atoms with Crippen molar-refractivity contribution in [2.24, 2.45) is 11.7 Å². The maximum atomic E-state index is 12.1. The van der Waals surface area contributed by atoms with E-state index in [0.29, 0.717) is 18.7 Å². The van der Waals surface area contributed by atoms with E-state index >= 15 is 0 Å². The fourth-order valence-corrected chi connectivity index (χ4v) is 1.82. The molecule has 0 radical (unpaired) electrons. The molecule has 1 atom stereocenters. The molecular formula is C13H17ClF2N2O2. The summed E-state index contributed by atoms with van der Waals surface area (Å²) in [5, 5.41) is 2.68. The number of hydrogen-bond donors (Lipinski definition) is 2. The van der Waals surface area contributed by atoms with Crippen molar-refractivity contribution in [3.05, 3.63) is 23.2 Å². The van der Waals surface area contributed by atoms with Gasteiger partial charge >= 0.3 is 6.61 Å². The Morgan fingerprint density at radius 1 is 1.50 bits per heavy atom. The van der Waals surface area contributed by atoms with Crippen molar-refractivity contribution in [2.45, 2.75) is 26.4 Å². The number of amides is 1. The van der Waals surface area contributed by atoms with Gasteiger partial charge in [0, 0.05) is 11.6 Å². The van der Waals surface area contributed by atoms with Crippen molar-refractivity contribution in [2.75, 3.05) is 11.9 Å². The van der Waals surface area contributed by atoms with E-state index in [4.69, 9.17) is 17.3 Å². The lowest BCUT2D eigenvalue weighted by atomic mass is 10.0. The highest BCUT2D eigenvalue weighted by atomic mass is 35.5. The first-order valence-electron chi connectivity index (χ1n) is 6.19. The van der Waals surface area contributed by atoms with Crippen LogP contribution in [0.4, 0.5) is 14.5 Å². The van der Waals surface area contributed by atoms with Crippen LogP contribution in [0.3, 0.4) is 0 Å². The molecule has 0 aromatic heterocycles. The molecule has 0 heterocycles. The van der Waals surface area contributed by atoms with Crippen LogP contribution in [0, 0.1) is 5.92 Å². The summed E-state index contributed by atoms with van der Waals surface area (Å²) >= 11 is 5.79. The van der Waals surface area contributed by atoms with E-state index in [-0.39, 0.29) is 22.6 Å². The number of hydrogen-bond acceptors (Lipinski definition) is 3. The molecule has 0 spiro atoms. The van der Waals surface area contributed by atoms with Crippen molar-refractivity contribution in [1.82, 2.24) is 0 Å². The first kappa shape index (κ1) is 16.7. The van der Waals surface area contributed by atoms with Crippen molar-refractivity contribution in [3.8, 4) is 5.75 Å². The third kappa shape index (κ3) is 5.30. The summed E-state index contributed by atoms with van der Waals surface area (Å²) < 4.78 is 28.4. The molecule has 112 valence electrons. The van der Waals surface area contributed by atoms with Gasteiger partial charge in [-0.15, -0.1) is 0 Å². The molecule has 1 unspecified atom stereocenters. The van der Waals surface area contributed by atoms with Crippen LogP contribution in [-0.4, -0.2) is 19.1 Å². The number of ether oxygens (including phenoxy) is 1. The first-order chi connectivity index (χ1) is 9.43. The largest absolute Gasteiger partial charge is 0.433 e. The Labute approximate surface area is 121 Å². The lowest BCUT2D eigenvalue weighted by Gasteiger charge is -2.13. The van der Waals surface area contributed by atoms with Gasteiger partial charge in [-0.05, 0) is 37.6 Å². The molecule has 0 aliphatic rings. The smallest absolute Gasteiger partial charge is 0.387 e. The predicted octanol–water partition coefficient (Wildman–Crippen LogP) is 3.25. The molecular weight excluding hydrogens is 290 g/mol. The van der Waals surface area contributed by atoms with Crippen molar-refractivity contribution in [3.63, 3.8) is 0 Å². The van der Waals surface area contributed by atoms with Gasteiger partial charge in [0.25, 0.3) is 0 Å². The molecule has 20 heavy (non-hydrogen) atoms. The predicted molar refractivity (Wildman–Crippen MR) is 74.2 cm³/mol. The third-order valence-electron chi connectivity index (χ3n) is 2.70. The van der Waals surface area contributed by atoms with Crippen LogP contribution in [0.5, 0.6) is 5.75 Å². The summed E-state index contributed by atoms with van der Waals surface area (Å²) in [6, 6.07) is 4.11. The molecule has 0 aliphatic heterocycles. The number of rotatable bonds is 7. The number of nitrogens with two attached hydrogens (primary N) is 1. The molecule has 0 fully saturated rings. The van der Waals surface area contributed by atoms with Crippen molar-refractivity contribution < 1.29 is 18.3 Å². The van der Waals surface area contributed by atoms with Gasteiger partial charge in [0.15, 0.2) is 0 Å². The zero-order chi connectivity index (χ0) is 15.1. The minimum atomic E-state index is -2.94. The van der Waals surface area contributed by atoms with E-state index in [1.807, 2.05) is 0 Å². The quantitative estimate of drug-likeness (QED) is 0.812. The Morgan fingerprint density at radius 3 is 2.75 bits per heavy atom. The van der Waals surface area contributed by atoms with Gasteiger partial charge in [0.05, 0.1) is 5.02 Å². The zero-order valence-corrected chi connectivity index (χ0v) is 11.8. The molecule has 4 nitrogen and oxygen atoms in total. The SMILES string of the molecule is CC(CCCN)C(=O)Nc1ccc(OC(F)F)c(Cl)c1. The second-order valence-electron chi connectivity index (χ2n) is 4.34. The Balaban J connectivity index is 2.64. The summed E-state index contributed by atoms with van der Waals surface area (Å²) in [5.74, 6) is -0.484. The summed E-state index contributed by atoms with van der Waals surface area (Å²) in [6.45, 7) is -0.617. The fourth-order valence-electron chi connectivity index (χ4n) is 1.59. The Bertz CT molecular complexity index is 458. The number of alkyl halides is 2. The summed E-state index contributed by atoms with van der Waals surface area (Å²) in [6.07, 6.45) is 1.44. The van der Waals surface area contributed by atoms with E-state index in [2.05, 4.69) is 10.1 Å². The maximum absolute atomic E-state index is 12.1. The molecule has 1 aromatic carbocycles.